The van der Waals surface area contributed by atoms with Gasteiger partial charge in [-0.2, -0.15) is 5.26 Å². The summed E-state index contributed by atoms with van der Waals surface area (Å²) in [5, 5.41) is 16.9. The van der Waals surface area contributed by atoms with Crippen molar-refractivity contribution in [2.75, 3.05) is 0 Å². The van der Waals surface area contributed by atoms with Gasteiger partial charge in [0.2, 0.25) is 5.95 Å². The second kappa shape index (κ2) is 16.4. The van der Waals surface area contributed by atoms with E-state index in [4.69, 9.17) is 15.8 Å². The van der Waals surface area contributed by atoms with E-state index in [2.05, 4.69) is 180 Å². The Balaban J connectivity index is 0.00000152. The molecule has 0 unspecified atom stereocenters. The Kier molecular flexibility index (Phi) is 12.5. The van der Waals surface area contributed by atoms with Gasteiger partial charge in [-0.05, 0) is 133 Å². The van der Waals surface area contributed by atoms with Crippen LogP contribution in [0.3, 0.4) is 0 Å². The maximum Gasteiger partial charge on any atom is 0.357 e. The smallest absolute Gasteiger partial charge is 0.357 e. The molecule has 0 fully saturated rings. The second-order valence-electron chi connectivity index (χ2n) is 14.2. The first-order chi connectivity index (χ1) is 24.7. The first-order valence-electron chi connectivity index (χ1n) is 17.7. The number of halogens is 1. The molecule has 9 heteroatoms. The molecule has 0 N–H and O–H groups in total. The van der Waals surface area contributed by atoms with E-state index in [0.717, 1.165) is 22.7 Å². The van der Waals surface area contributed by atoms with Gasteiger partial charge in [0.1, 0.15) is 23.8 Å². The molecule has 0 radical (unpaired) electrons. The standard InChI is InChI=1S/C42H48N7.C2H3N.ClH/c1-25-17-29(5)37(30(6)18-25)46-13-14-47(38-31(7)19-26(2)20-32(38)8)41(46)43-45-44-42-48(39-33(9)21-27(3)22-34(39)10)15-16-49(42)40-35(11)23-28(4)24-36(40)12;1-2-3;/h13-24H,1-12H3;1H3;1H/q+1;;/p-1. The van der Waals surface area contributed by atoms with E-state index >= 15 is 0 Å². The van der Waals surface area contributed by atoms with Crippen LogP contribution in [0.4, 0.5) is 11.9 Å². The van der Waals surface area contributed by atoms with Gasteiger partial charge in [-0.15, -0.1) is 0 Å². The predicted molar refractivity (Wildman–Crippen MR) is 210 cm³/mol. The zero-order valence-corrected chi connectivity index (χ0v) is 34.1. The molecule has 2 aromatic heterocycles. The molecule has 274 valence electrons. The Bertz CT molecular complexity index is 2140. The molecule has 0 aliphatic heterocycles. The van der Waals surface area contributed by atoms with Crippen LogP contribution in [0.25, 0.3) is 28.2 Å². The molecule has 6 aromatic rings. The molecule has 0 amide bonds. The van der Waals surface area contributed by atoms with Gasteiger partial charge in [0, 0.05) is 19.3 Å². The summed E-state index contributed by atoms with van der Waals surface area (Å²) in [5.41, 5.74) is 23.6. The number of nitrogens with zero attached hydrogens (tertiary/aromatic N) is 8. The van der Waals surface area contributed by atoms with Crippen LogP contribution in [-0.4, -0.2) is 9.13 Å². The monoisotopic (exact) mass is 726 g/mol. The Morgan fingerprint density at radius 2 is 0.849 bits per heavy atom. The van der Waals surface area contributed by atoms with Crippen LogP contribution in [0.1, 0.15) is 73.7 Å². The lowest BCUT2D eigenvalue weighted by atomic mass is 10.0. The SMILES string of the molecule is CC#N.Cc1cc(C)c(-n2cc[n+](-c3c(C)cc(C)cc3C)c2/N=N/[N-]c2n(-c3c(C)cc(C)cc3C)cc[n+]2-c2c(C)cc(C)cc2C)c(C)c1.[Cl-]. The van der Waals surface area contributed by atoms with Crippen molar-refractivity contribution in [3.63, 3.8) is 0 Å². The van der Waals surface area contributed by atoms with Crippen LogP contribution >= 0.6 is 0 Å². The number of aryl methyl sites for hydroxylation is 12. The van der Waals surface area contributed by atoms with Crippen molar-refractivity contribution < 1.29 is 21.5 Å². The average Bonchev–Trinajstić information content (AvgIpc) is 3.60. The highest BCUT2D eigenvalue weighted by molar-refractivity contribution is 5.55. The fraction of sp³-hybridized carbons (Fsp3) is 0.295. The second-order valence-corrected chi connectivity index (χ2v) is 14.2. The van der Waals surface area contributed by atoms with Crippen molar-refractivity contribution in [1.29, 1.82) is 5.26 Å². The van der Waals surface area contributed by atoms with Gasteiger partial charge in [-0.25, -0.2) is 9.13 Å². The number of aromatic nitrogens is 4. The highest BCUT2D eigenvalue weighted by atomic mass is 35.5. The average molecular weight is 727 g/mol. The normalized spacial score (nSPS) is 10.9. The summed E-state index contributed by atoms with van der Waals surface area (Å²) in [6.07, 6.45) is 8.33. The number of hydrogen-bond acceptors (Lipinski definition) is 3. The van der Waals surface area contributed by atoms with Crippen molar-refractivity contribution in [2.45, 2.75) is 90.0 Å². The molecular formula is C44H51ClN8. The van der Waals surface area contributed by atoms with E-state index in [1.807, 2.05) is 0 Å². The molecule has 0 aliphatic carbocycles. The maximum absolute atomic E-state index is 7.32. The van der Waals surface area contributed by atoms with Crippen molar-refractivity contribution in [3.05, 3.63) is 146 Å². The number of imidazole rings is 2. The molecule has 6 rings (SSSR count). The van der Waals surface area contributed by atoms with Gasteiger partial charge < -0.3 is 12.4 Å². The van der Waals surface area contributed by atoms with Gasteiger partial charge in [-0.3, -0.25) is 9.13 Å². The van der Waals surface area contributed by atoms with Gasteiger partial charge in [-0.1, -0.05) is 81.3 Å². The summed E-state index contributed by atoms with van der Waals surface area (Å²) in [5.74, 6) is 1.34. The minimum Gasteiger partial charge on any atom is -1.00 e. The van der Waals surface area contributed by atoms with Gasteiger partial charge >= 0.3 is 5.95 Å². The minimum absolute atomic E-state index is 0. The minimum atomic E-state index is 0. The highest BCUT2D eigenvalue weighted by Crippen LogP contribution is 2.31. The molecule has 53 heavy (non-hydrogen) atoms. The quantitative estimate of drug-likeness (QED) is 0.0941. The summed E-state index contributed by atoms with van der Waals surface area (Å²) in [4.78, 5) is 0. The molecule has 0 aliphatic rings. The lowest BCUT2D eigenvalue weighted by Gasteiger charge is -2.18. The summed E-state index contributed by atoms with van der Waals surface area (Å²) < 4.78 is 8.55. The molecule has 8 nitrogen and oxygen atoms in total. The Morgan fingerprint density at radius 1 is 0.528 bits per heavy atom. The van der Waals surface area contributed by atoms with Crippen molar-refractivity contribution >= 4 is 11.9 Å². The van der Waals surface area contributed by atoms with Crippen LogP contribution in [-0.2, 0) is 0 Å². The van der Waals surface area contributed by atoms with E-state index in [9.17, 15) is 0 Å². The molecule has 2 heterocycles. The lowest BCUT2D eigenvalue weighted by Crippen LogP contribution is -3.00. The summed E-state index contributed by atoms with van der Waals surface area (Å²) >= 11 is 0. The van der Waals surface area contributed by atoms with Crippen LogP contribution in [0, 0.1) is 94.4 Å². The van der Waals surface area contributed by atoms with Gasteiger partial charge in [0.05, 0.1) is 17.4 Å². The highest BCUT2D eigenvalue weighted by Gasteiger charge is 2.24. The lowest BCUT2D eigenvalue weighted by molar-refractivity contribution is -0.582. The van der Waals surface area contributed by atoms with Crippen LogP contribution < -0.4 is 21.5 Å². The molecule has 0 saturated heterocycles. The topological polar surface area (TPSA) is 80.2 Å². The number of nitriles is 1. The third-order valence-corrected chi connectivity index (χ3v) is 9.37. The molecule has 0 saturated carbocycles. The van der Waals surface area contributed by atoms with E-state index in [-0.39, 0.29) is 12.4 Å². The van der Waals surface area contributed by atoms with Gasteiger partial charge in [0.15, 0.2) is 0 Å². The van der Waals surface area contributed by atoms with E-state index in [1.54, 1.807) is 6.07 Å². The van der Waals surface area contributed by atoms with Crippen LogP contribution in [0.15, 0.2) is 83.7 Å². The van der Waals surface area contributed by atoms with Gasteiger partial charge in [0.25, 0.3) is 0 Å². The van der Waals surface area contributed by atoms with Crippen LogP contribution in [0.5, 0.6) is 0 Å². The Hall–Kier alpha value is -5.52. The van der Waals surface area contributed by atoms with Crippen molar-refractivity contribution in [1.82, 2.24) is 9.13 Å². The van der Waals surface area contributed by atoms with E-state index in [1.165, 1.54) is 73.7 Å². The first kappa shape index (κ1) is 40.3. The molecular weight excluding hydrogens is 676 g/mol. The van der Waals surface area contributed by atoms with E-state index in [0.29, 0.717) is 11.9 Å². The van der Waals surface area contributed by atoms with Crippen molar-refractivity contribution in [2.24, 2.45) is 10.3 Å². The molecule has 0 atom stereocenters. The first-order valence-corrected chi connectivity index (χ1v) is 17.7. The largest absolute Gasteiger partial charge is 1.00 e. The fourth-order valence-electron chi connectivity index (χ4n) is 7.97. The third kappa shape index (κ3) is 8.11. The zero-order valence-electron chi connectivity index (χ0n) is 33.4. The number of benzene rings is 4. The Labute approximate surface area is 321 Å². The summed E-state index contributed by atoms with van der Waals surface area (Å²) in [7, 11) is 0. The summed E-state index contributed by atoms with van der Waals surface area (Å²) in [6.45, 7) is 27.2. The zero-order chi connectivity index (χ0) is 38.0. The molecule has 0 bridgehead atoms. The van der Waals surface area contributed by atoms with E-state index < -0.39 is 0 Å². The fourth-order valence-corrected chi connectivity index (χ4v) is 7.97. The molecule has 4 aromatic carbocycles. The van der Waals surface area contributed by atoms with Crippen molar-refractivity contribution in [3.8, 4) is 28.8 Å². The summed E-state index contributed by atoms with van der Waals surface area (Å²) in [6, 6.07) is 19.5. The van der Waals surface area contributed by atoms with Crippen LogP contribution in [0.2, 0.25) is 0 Å². The Morgan fingerprint density at radius 3 is 1.26 bits per heavy atom. The predicted octanol–water partition coefficient (Wildman–Crippen LogP) is 7.76. The number of rotatable bonds is 7. The third-order valence-electron chi connectivity index (χ3n) is 9.37. The maximum atomic E-state index is 7.32. The number of hydrogen-bond donors (Lipinski definition) is 0. The molecule has 0 spiro atoms.